The van der Waals surface area contributed by atoms with Gasteiger partial charge in [-0.2, -0.15) is 0 Å². The second kappa shape index (κ2) is 4.65. The summed E-state index contributed by atoms with van der Waals surface area (Å²) in [4.78, 5) is 0. The lowest BCUT2D eigenvalue weighted by Crippen LogP contribution is -1.75. The zero-order valence-electron chi connectivity index (χ0n) is 4.63. The van der Waals surface area contributed by atoms with Gasteiger partial charge in [0.15, 0.2) is 0 Å². The Bertz CT molecular complexity index is 109. The highest BCUT2D eigenvalue weighted by atomic mass is 35.5. The van der Waals surface area contributed by atoms with Gasteiger partial charge in [0.1, 0.15) is 0 Å². The molecule has 0 aromatic carbocycles. The van der Waals surface area contributed by atoms with Gasteiger partial charge in [0, 0.05) is 5.88 Å². The van der Waals surface area contributed by atoms with Gasteiger partial charge in [-0.1, -0.05) is 10.7 Å². The molecule has 0 aliphatic carbocycles. The van der Waals surface area contributed by atoms with E-state index in [2.05, 4.69) is 5.16 Å². The van der Waals surface area contributed by atoms with E-state index in [1.165, 1.54) is 6.21 Å². The molecule has 0 aliphatic heterocycles. The normalized spacial score (nSPS) is 13.0. The van der Waals surface area contributed by atoms with Gasteiger partial charge in [0.25, 0.3) is 0 Å². The predicted octanol–water partition coefficient (Wildman–Crippen LogP) is 1.63. The first-order chi connectivity index (χ1) is 3.81. The Morgan fingerprint density at radius 3 is 2.88 bits per heavy atom. The van der Waals surface area contributed by atoms with Crippen LogP contribution in [-0.2, 0) is 0 Å². The van der Waals surface area contributed by atoms with Crippen molar-refractivity contribution in [3.05, 3.63) is 11.6 Å². The van der Waals surface area contributed by atoms with Crippen molar-refractivity contribution in [2.75, 3.05) is 5.88 Å². The fraction of sp³-hybridized carbons (Fsp3) is 0.400. The molecule has 0 fully saturated rings. The second-order valence-electron chi connectivity index (χ2n) is 1.41. The number of rotatable bonds is 2. The molecule has 2 nitrogen and oxygen atoms in total. The minimum atomic E-state index is 0.478. The molecule has 0 aliphatic rings. The van der Waals surface area contributed by atoms with Crippen molar-refractivity contribution >= 4 is 17.8 Å². The zero-order valence-corrected chi connectivity index (χ0v) is 5.39. The summed E-state index contributed by atoms with van der Waals surface area (Å²) in [5, 5.41) is 10.7. The van der Waals surface area contributed by atoms with Crippen LogP contribution in [-0.4, -0.2) is 17.3 Å². The standard InChI is InChI=1S/C5H8ClNO/c1-5(4-6)2-3-7-8/h2-3,8H,4H2,1H3/b5-2+,7-3+. The van der Waals surface area contributed by atoms with Crippen LogP contribution in [0.1, 0.15) is 6.92 Å². The highest BCUT2D eigenvalue weighted by molar-refractivity contribution is 6.19. The largest absolute Gasteiger partial charge is 0.411 e. The van der Waals surface area contributed by atoms with Crippen molar-refractivity contribution in [3.8, 4) is 0 Å². The maximum Gasteiger partial charge on any atom is 0.0661 e. The molecule has 0 atom stereocenters. The summed E-state index contributed by atoms with van der Waals surface area (Å²) in [6, 6.07) is 0. The average Bonchev–Trinajstić information content (AvgIpc) is 1.83. The van der Waals surface area contributed by atoms with Crippen LogP contribution in [0.4, 0.5) is 0 Å². The lowest BCUT2D eigenvalue weighted by molar-refractivity contribution is 0.322. The van der Waals surface area contributed by atoms with Crippen molar-refractivity contribution in [1.29, 1.82) is 0 Å². The Morgan fingerprint density at radius 1 is 1.88 bits per heavy atom. The summed E-state index contributed by atoms with van der Waals surface area (Å²) in [5.74, 6) is 0.478. The molecule has 46 valence electrons. The van der Waals surface area contributed by atoms with Crippen LogP contribution in [0.2, 0.25) is 0 Å². The van der Waals surface area contributed by atoms with E-state index in [1.807, 2.05) is 6.92 Å². The summed E-state index contributed by atoms with van der Waals surface area (Å²) in [6.45, 7) is 1.86. The summed E-state index contributed by atoms with van der Waals surface area (Å²) in [6.07, 6.45) is 2.94. The molecule has 0 aromatic heterocycles. The van der Waals surface area contributed by atoms with E-state index in [0.29, 0.717) is 5.88 Å². The SMILES string of the molecule is C/C(=C\C=N\O)CCl. The zero-order chi connectivity index (χ0) is 6.41. The number of oxime groups is 1. The molecule has 0 bridgehead atoms. The lowest BCUT2D eigenvalue weighted by atomic mass is 10.3. The van der Waals surface area contributed by atoms with Crippen LogP contribution < -0.4 is 0 Å². The van der Waals surface area contributed by atoms with Crippen LogP contribution >= 0.6 is 11.6 Å². The summed E-state index contributed by atoms with van der Waals surface area (Å²) >= 11 is 5.38. The third-order valence-electron chi connectivity index (χ3n) is 0.637. The summed E-state index contributed by atoms with van der Waals surface area (Å²) in [7, 11) is 0. The summed E-state index contributed by atoms with van der Waals surface area (Å²) < 4.78 is 0. The molecule has 0 heterocycles. The third-order valence-corrected chi connectivity index (χ3v) is 1.06. The molecule has 0 saturated carbocycles. The van der Waals surface area contributed by atoms with Gasteiger partial charge in [-0.3, -0.25) is 0 Å². The van der Waals surface area contributed by atoms with Gasteiger partial charge < -0.3 is 5.21 Å². The predicted molar refractivity (Wildman–Crippen MR) is 34.8 cm³/mol. The molecule has 0 radical (unpaired) electrons. The quantitative estimate of drug-likeness (QED) is 0.264. The number of hydrogen-bond donors (Lipinski definition) is 1. The highest BCUT2D eigenvalue weighted by Gasteiger charge is 1.78. The number of hydrogen-bond acceptors (Lipinski definition) is 2. The molecular formula is C5H8ClNO. The smallest absolute Gasteiger partial charge is 0.0661 e. The Morgan fingerprint density at radius 2 is 2.50 bits per heavy atom. The Hall–Kier alpha value is -0.500. The first-order valence-corrected chi connectivity index (χ1v) is 2.74. The first-order valence-electron chi connectivity index (χ1n) is 2.20. The van der Waals surface area contributed by atoms with Crippen molar-refractivity contribution in [1.82, 2.24) is 0 Å². The molecular weight excluding hydrogens is 126 g/mol. The van der Waals surface area contributed by atoms with Crippen LogP contribution in [0, 0.1) is 0 Å². The maximum atomic E-state index is 7.89. The fourth-order valence-corrected chi connectivity index (χ4v) is 0.294. The maximum absolute atomic E-state index is 7.89. The molecule has 3 heteroatoms. The third kappa shape index (κ3) is 3.68. The molecule has 0 saturated heterocycles. The van der Waals surface area contributed by atoms with E-state index in [-0.39, 0.29) is 0 Å². The van der Waals surface area contributed by atoms with Crippen LogP contribution in [0.3, 0.4) is 0 Å². The molecule has 1 N–H and O–H groups in total. The van der Waals surface area contributed by atoms with E-state index >= 15 is 0 Å². The lowest BCUT2D eigenvalue weighted by Gasteiger charge is -1.84. The van der Waals surface area contributed by atoms with Crippen molar-refractivity contribution in [3.63, 3.8) is 0 Å². The van der Waals surface area contributed by atoms with E-state index < -0.39 is 0 Å². The Kier molecular flexibility index (Phi) is 4.36. The van der Waals surface area contributed by atoms with E-state index in [4.69, 9.17) is 16.8 Å². The molecule has 8 heavy (non-hydrogen) atoms. The number of nitrogens with zero attached hydrogens (tertiary/aromatic N) is 1. The van der Waals surface area contributed by atoms with Crippen molar-refractivity contribution in [2.24, 2.45) is 5.16 Å². The minimum Gasteiger partial charge on any atom is -0.411 e. The van der Waals surface area contributed by atoms with E-state index in [0.717, 1.165) is 5.57 Å². The molecule has 0 aromatic rings. The minimum absolute atomic E-state index is 0.478. The van der Waals surface area contributed by atoms with Gasteiger partial charge >= 0.3 is 0 Å². The number of halogens is 1. The molecule has 0 rings (SSSR count). The van der Waals surface area contributed by atoms with Crippen molar-refractivity contribution in [2.45, 2.75) is 6.92 Å². The van der Waals surface area contributed by atoms with Gasteiger partial charge in [-0.15, -0.1) is 11.6 Å². The highest BCUT2D eigenvalue weighted by Crippen LogP contribution is 1.91. The van der Waals surface area contributed by atoms with Gasteiger partial charge in [0.05, 0.1) is 6.21 Å². The molecule has 0 unspecified atom stereocenters. The first kappa shape index (κ1) is 7.50. The van der Waals surface area contributed by atoms with Gasteiger partial charge in [-0.25, -0.2) is 0 Å². The summed E-state index contributed by atoms with van der Waals surface area (Å²) in [5.41, 5.74) is 0.976. The monoisotopic (exact) mass is 133 g/mol. The van der Waals surface area contributed by atoms with Gasteiger partial charge in [-0.05, 0) is 13.0 Å². The fourth-order valence-electron chi connectivity index (χ4n) is 0.205. The topological polar surface area (TPSA) is 32.6 Å². The number of allylic oxidation sites excluding steroid dienone is 2. The van der Waals surface area contributed by atoms with Crippen molar-refractivity contribution < 1.29 is 5.21 Å². The number of alkyl halides is 1. The Labute approximate surface area is 53.5 Å². The average molecular weight is 134 g/mol. The van der Waals surface area contributed by atoms with Gasteiger partial charge in [0.2, 0.25) is 0 Å². The molecule has 0 amide bonds. The van der Waals surface area contributed by atoms with E-state index in [9.17, 15) is 0 Å². The van der Waals surface area contributed by atoms with E-state index in [1.54, 1.807) is 6.08 Å². The second-order valence-corrected chi connectivity index (χ2v) is 1.68. The Balaban J connectivity index is 3.57. The van der Waals surface area contributed by atoms with Crippen LogP contribution in [0.15, 0.2) is 16.8 Å². The van der Waals surface area contributed by atoms with Crippen LogP contribution in [0.5, 0.6) is 0 Å². The molecule has 0 spiro atoms. The van der Waals surface area contributed by atoms with Crippen LogP contribution in [0.25, 0.3) is 0 Å².